The molecule has 24 heavy (non-hydrogen) atoms. The van der Waals surface area contributed by atoms with Gasteiger partial charge in [-0.3, -0.25) is 9.59 Å². The number of carbonyl (C=O) groups excluding carboxylic acids is 2. The second-order valence-electron chi connectivity index (χ2n) is 5.95. The van der Waals surface area contributed by atoms with Gasteiger partial charge in [0, 0.05) is 25.1 Å². The van der Waals surface area contributed by atoms with Crippen LogP contribution in [-0.4, -0.2) is 65.5 Å². The Morgan fingerprint density at radius 3 is 2.67 bits per heavy atom. The molecule has 130 valence electrons. The molecule has 0 unspecified atom stereocenters. The molecule has 1 fully saturated rings. The van der Waals surface area contributed by atoms with Crippen molar-refractivity contribution in [1.29, 1.82) is 0 Å². The fraction of sp³-hybridized carbons (Fsp3) is 0.438. The van der Waals surface area contributed by atoms with Gasteiger partial charge in [-0.1, -0.05) is 28.1 Å². The molecule has 1 aromatic carbocycles. The summed E-state index contributed by atoms with van der Waals surface area (Å²) in [7, 11) is 3.00. The summed E-state index contributed by atoms with van der Waals surface area (Å²) >= 11 is 3.40. The maximum Gasteiger partial charge on any atom is 0.407 e. The quantitative estimate of drug-likeness (QED) is 0.752. The fourth-order valence-corrected chi connectivity index (χ4v) is 3.30. The molecule has 1 aromatic rings. The molecule has 0 aromatic heterocycles. The van der Waals surface area contributed by atoms with Crippen molar-refractivity contribution in [3.8, 4) is 0 Å². The molecule has 3 amide bonds. The van der Waals surface area contributed by atoms with E-state index >= 15 is 0 Å². The molecule has 0 saturated carbocycles. The van der Waals surface area contributed by atoms with Crippen LogP contribution in [-0.2, 0) is 16.0 Å². The van der Waals surface area contributed by atoms with Crippen molar-refractivity contribution < 1.29 is 19.5 Å². The summed E-state index contributed by atoms with van der Waals surface area (Å²) in [5, 5.41) is 12.1. The Morgan fingerprint density at radius 2 is 2.08 bits per heavy atom. The van der Waals surface area contributed by atoms with E-state index in [9.17, 15) is 19.5 Å². The van der Waals surface area contributed by atoms with E-state index in [1.807, 2.05) is 24.3 Å². The molecule has 1 aliphatic rings. The molecule has 1 saturated heterocycles. The molecule has 2 rings (SSSR count). The lowest BCUT2D eigenvalue weighted by molar-refractivity contribution is -0.144. The topological polar surface area (TPSA) is 90.0 Å². The monoisotopic (exact) mass is 397 g/mol. The molecule has 0 spiro atoms. The number of likely N-dealkylation sites (tertiary alicyclic amines) is 1. The molecule has 8 heteroatoms. The van der Waals surface area contributed by atoms with Crippen molar-refractivity contribution in [2.24, 2.45) is 0 Å². The van der Waals surface area contributed by atoms with Crippen molar-refractivity contribution in [3.63, 3.8) is 0 Å². The largest absolute Gasteiger partial charge is 0.465 e. The molecule has 7 nitrogen and oxygen atoms in total. The molecule has 1 aliphatic heterocycles. The number of likely N-dealkylation sites (N-methyl/N-ethyl adjacent to an activating group) is 1. The number of nitrogens with zero attached hydrogens (tertiary/aromatic N) is 2. The average molecular weight is 398 g/mol. The number of amides is 3. The van der Waals surface area contributed by atoms with Gasteiger partial charge in [0.05, 0.1) is 12.1 Å². The number of nitrogens with one attached hydrogen (secondary N) is 1. The van der Waals surface area contributed by atoms with E-state index < -0.39 is 30.0 Å². The number of carbonyl (C=O) groups is 3. The minimum Gasteiger partial charge on any atom is -0.465 e. The Kier molecular flexibility index (Phi) is 5.82. The van der Waals surface area contributed by atoms with Crippen LogP contribution >= 0.6 is 15.9 Å². The lowest BCUT2D eigenvalue weighted by Crippen LogP contribution is -2.50. The Balaban J connectivity index is 2.16. The van der Waals surface area contributed by atoms with E-state index in [2.05, 4.69) is 21.2 Å². The van der Waals surface area contributed by atoms with Crippen LogP contribution in [0.5, 0.6) is 0 Å². The van der Waals surface area contributed by atoms with Gasteiger partial charge in [-0.25, -0.2) is 4.79 Å². The van der Waals surface area contributed by atoms with Crippen molar-refractivity contribution >= 4 is 33.8 Å². The van der Waals surface area contributed by atoms with E-state index in [4.69, 9.17) is 0 Å². The molecule has 2 atom stereocenters. The number of halogens is 1. The summed E-state index contributed by atoms with van der Waals surface area (Å²) < 4.78 is 0.906. The SMILES string of the molecule is CN(C)C(=O)C(=O)N[C@H]1CCN(C(=O)O)[C@H]1Cc1cccc(Br)c1. The van der Waals surface area contributed by atoms with Crippen molar-refractivity contribution in [3.05, 3.63) is 34.3 Å². The highest BCUT2D eigenvalue weighted by molar-refractivity contribution is 9.10. The minimum atomic E-state index is -1.02. The van der Waals surface area contributed by atoms with Crippen LogP contribution in [0.1, 0.15) is 12.0 Å². The van der Waals surface area contributed by atoms with Gasteiger partial charge >= 0.3 is 17.9 Å². The standard InChI is InChI=1S/C16H20BrN3O4/c1-19(2)15(22)14(21)18-12-6-7-20(16(23)24)13(12)9-10-4-3-5-11(17)8-10/h3-5,8,12-13H,6-7,9H2,1-2H3,(H,18,21)(H,23,24)/t12-,13-/m0/s1. The Bertz CT molecular complexity index is 650. The predicted molar refractivity (Wildman–Crippen MR) is 91.6 cm³/mol. The van der Waals surface area contributed by atoms with Gasteiger partial charge < -0.3 is 20.2 Å². The molecule has 0 bridgehead atoms. The number of hydrogen-bond donors (Lipinski definition) is 2. The Morgan fingerprint density at radius 1 is 1.38 bits per heavy atom. The van der Waals surface area contributed by atoms with Gasteiger partial charge in [-0.2, -0.15) is 0 Å². The number of hydrogen-bond acceptors (Lipinski definition) is 3. The van der Waals surface area contributed by atoms with Gasteiger partial charge in [-0.15, -0.1) is 0 Å². The van der Waals surface area contributed by atoms with Gasteiger partial charge in [0.1, 0.15) is 0 Å². The second kappa shape index (κ2) is 7.65. The number of rotatable bonds is 3. The van der Waals surface area contributed by atoms with Crippen molar-refractivity contribution in [2.45, 2.75) is 24.9 Å². The van der Waals surface area contributed by atoms with Gasteiger partial charge in [0.15, 0.2) is 0 Å². The van der Waals surface area contributed by atoms with E-state index in [0.29, 0.717) is 19.4 Å². The number of benzene rings is 1. The zero-order valence-electron chi connectivity index (χ0n) is 13.5. The smallest absolute Gasteiger partial charge is 0.407 e. The zero-order chi connectivity index (χ0) is 17.9. The van der Waals surface area contributed by atoms with E-state index in [-0.39, 0.29) is 0 Å². The lowest BCUT2D eigenvalue weighted by Gasteiger charge is -2.27. The summed E-state index contributed by atoms with van der Waals surface area (Å²) in [6.45, 7) is 0.328. The summed E-state index contributed by atoms with van der Waals surface area (Å²) in [5.74, 6) is -1.36. The van der Waals surface area contributed by atoms with E-state index in [1.165, 1.54) is 23.9 Å². The van der Waals surface area contributed by atoms with E-state index in [1.54, 1.807) is 0 Å². The maximum atomic E-state index is 12.0. The zero-order valence-corrected chi connectivity index (χ0v) is 15.1. The molecule has 0 radical (unpaired) electrons. The lowest BCUT2D eigenvalue weighted by atomic mass is 10.00. The van der Waals surface area contributed by atoms with Crippen LogP contribution in [0.4, 0.5) is 4.79 Å². The average Bonchev–Trinajstić information content (AvgIpc) is 2.89. The van der Waals surface area contributed by atoms with Crippen LogP contribution < -0.4 is 5.32 Å². The van der Waals surface area contributed by atoms with E-state index in [0.717, 1.165) is 10.0 Å². The minimum absolute atomic E-state index is 0.328. The summed E-state index contributed by atoms with van der Waals surface area (Å²) in [6.07, 6.45) is -0.0738. The maximum absolute atomic E-state index is 12.0. The molecular weight excluding hydrogens is 378 g/mol. The number of carboxylic acid groups (broad SMARTS) is 1. The van der Waals surface area contributed by atoms with Crippen molar-refractivity contribution in [2.75, 3.05) is 20.6 Å². The molecular formula is C16H20BrN3O4. The van der Waals surface area contributed by atoms with Crippen LogP contribution in [0.15, 0.2) is 28.7 Å². The second-order valence-corrected chi connectivity index (χ2v) is 6.86. The van der Waals surface area contributed by atoms with Gasteiger partial charge in [0.2, 0.25) is 0 Å². The third-order valence-corrected chi connectivity index (χ3v) is 4.54. The third-order valence-electron chi connectivity index (χ3n) is 4.04. The molecule has 2 N–H and O–H groups in total. The Labute approximate surface area is 148 Å². The normalized spacial score (nSPS) is 19.9. The highest BCUT2D eigenvalue weighted by atomic mass is 79.9. The van der Waals surface area contributed by atoms with Crippen molar-refractivity contribution in [1.82, 2.24) is 15.1 Å². The molecule has 1 heterocycles. The van der Waals surface area contributed by atoms with Crippen LogP contribution in [0.3, 0.4) is 0 Å². The highest BCUT2D eigenvalue weighted by Gasteiger charge is 2.38. The van der Waals surface area contributed by atoms with Crippen LogP contribution in [0, 0.1) is 0 Å². The first-order chi connectivity index (χ1) is 11.3. The van der Waals surface area contributed by atoms with Gasteiger partial charge in [-0.05, 0) is 30.5 Å². The molecule has 0 aliphatic carbocycles. The predicted octanol–water partition coefficient (Wildman–Crippen LogP) is 1.32. The van der Waals surface area contributed by atoms with Crippen LogP contribution in [0.25, 0.3) is 0 Å². The third kappa shape index (κ3) is 4.25. The Hall–Kier alpha value is -2.09. The highest BCUT2D eigenvalue weighted by Crippen LogP contribution is 2.23. The summed E-state index contributed by atoms with van der Waals surface area (Å²) in [6, 6.07) is 6.80. The summed E-state index contributed by atoms with van der Waals surface area (Å²) in [4.78, 5) is 37.7. The fourth-order valence-electron chi connectivity index (χ4n) is 2.85. The summed E-state index contributed by atoms with van der Waals surface area (Å²) in [5.41, 5.74) is 0.959. The first kappa shape index (κ1) is 18.3. The van der Waals surface area contributed by atoms with Crippen LogP contribution in [0.2, 0.25) is 0 Å². The van der Waals surface area contributed by atoms with Gasteiger partial charge in [0.25, 0.3) is 0 Å². The first-order valence-electron chi connectivity index (χ1n) is 7.55. The first-order valence-corrected chi connectivity index (χ1v) is 8.35.